The molecule has 0 aliphatic carbocycles. The van der Waals surface area contributed by atoms with Crippen LogP contribution in [0.1, 0.15) is 25.8 Å². The predicted octanol–water partition coefficient (Wildman–Crippen LogP) is 2.93. The largest absolute Gasteiger partial charge is 0.314 e. The van der Waals surface area contributed by atoms with Crippen molar-refractivity contribution in [2.24, 2.45) is 0 Å². The van der Waals surface area contributed by atoms with Crippen molar-refractivity contribution in [2.45, 2.75) is 32.9 Å². The zero-order chi connectivity index (χ0) is 11.8. The van der Waals surface area contributed by atoms with E-state index in [2.05, 4.69) is 58.6 Å². The summed E-state index contributed by atoms with van der Waals surface area (Å²) in [6.07, 6.45) is 1.17. The van der Waals surface area contributed by atoms with Gasteiger partial charge in [0.25, 0.3) is 0 Å². The third kappa shape index (κ3) is 5.64. The highest BCUT2D eigenvalue weighted by atomic mass is 79.9. The minimum atomic E-state index is 0.586. The summed E-state index contributed by atoms with van der Waals surface area (Å²) in [5, 5.41) is 6.85. The molecule has 0 aliphatic rings. The first-order valence-electron chi connectivity index (χ1n) is 5.87. The van der Waals surface area contributed by atoms with Crippen LogP contribution in [0.3, 0.4) is 0 Å². The molecule has 0 aliphatic heterocycles. The first-order valence-corrected chi connectivity index (χ1v) is 6.67. The highest BCUT2D eigenvalue weighted by Crippen LogP contribution is 2.15. The first kappa shape index (κ1) is 13.7. The lowest BCUT2D eigenvalue weighted by Gasteiger charge is -2.09. The van der Waals surface area contributed by atoms with Gasteiger partial charge in [-0.3, -0.25) is 0 Å². The van der Waals surface area contributed by atoms with Crippen LogP contribution in [0.5, 0.6) is 0 Å². The van der Waals surface area contributed by atoms with Crippen LogP contribution in [-0.2, 0) is 6.54 Å². The molecule has 1 rings (SSSR count). The molecular formula is C13H21BrN2. The van der Waals surface area contributed by atoms with Gasteiger partial charge < -0.3 is 10.6 Å². The molecule has 0 radical (unpaired) electrons. The fourth-order valence-corrected chi connectivity index (χ4v) is 1.89. The Kier molecular flexibility index (Phi) is 6.69. The van der Waals surface area contributed by atoms with E-state index in [1.165, 1.54) is 16.5 Å². The fraction of sp³-hybridized carbons (Fsp3) is 0.538. The van der Waals surface area contributed by atoms with E-state index < -0.39 is 0 Å². The van der Waals surface area contributed by atoms with E-state index in [0.29, 0.717) is 6.04 Å². The van der Waals surface area contributed by atoms with E-state index >= 15 is 0 Å². The Hall–Kier alpha value is -0.380. The third-order valence-corrected chi connectivity index (χ3v) is 3.13. The summed E-state index contributed by atoms with van der Waals surface area (Å²) in [4.78, 5) is 0. The molecule has 0 atom stereocenters. The molecule has 3 heteroatoms. The fourth-order valence-electron chi connectivity index (χ4n) is 1.47. The number of benzene rings is 1. The predicted molar refractivity (Wildman–Crippen MR) is 73.6 cm³/mol. The van der Waals surface area contributed by atoms with Crippen molar-refractivity contribution in [3.8, 4) is 0 Å². The van der Waals surface area contributed by atoms with Crippen molar-refractivity contribution in [1.29, 1.82) is 0 Å². The number of halogens is 1. The van der Waals surface area contributed by atoms with Crippen LogP contribution in [-0.4, -0.2) is 19.1 Å². The van der Waals surface area contributed by atoms with Crippen molar-refractivity contribution in [3.63, 3.8) is 0 Å². The van der Waals surface area contributed by atoms with E-state index in [1.54, 1.807) is 0 Å². The third-order valence-electron chi connectivity index (χ3n) is 2.36. The van der Waals surface area contributed by atoms with Crippen molar-refractivity contribution in [1.82, 2.24) is 10.6 Å². The Morgan fingerprint density at radius 3 is 2.62 bits per heavy atom. The van der Waals surface area contributed by atoms with Gasteiger partial charge in [-0.05, 0) is 31.1 Å². The molecule has 0 amide bonds. The molecule has 1 aromatic rings. The van der Waals surface area contributed by atoms with Gasteiger partial charge >= 0.3 is 0 Å². The lowest BCUT2D eigenvalue weighted by Crippen LogP contribution is -2.26. The summed E-state index contributed by atoms with van der Waals surface area (Å²) >= 11 is 3.55. The second-order valence-electron chi connectivity index (χ2n) is 4.23. The minimum absolute atomic E-state index is 0.586. The maximum atomic E-state index is 3.55. The van der Waals surface area contributed by atoms with Crippen LogP contribution < -0.4 is 10.6 Å². The summed E-state index contributed by atoms with van der Waals surface area (Å²) in [5.74, 6) is 0. The van der Waals surface area contributed by atoms with Crippen LogP contribution in [0.2, 0.25) is 0 Å². The van der Waals surface area contributed by atoms with Gasteiger partial charge in [0.15, 0.2) is 0 Å². The number of hydrogen-bond acceptors (Lipinski definition) is 2. The van der Waals surface area contributed by atoms with E-state index in [-0.39, 0.29) is 0 Å². The maximum Gasteiger partial charge on any atom is 0.0220 e. The summed E-state index contributed by atoms with van der Waals surface area (Å²) in [6.45, 7) is 7.42. The van der Waals surface area contributed by atoms with Gasteiger partial charge in [-0.1, -0.05) is 48.0 Å². The monoisotopic (exact) mass is 284 g/mol. The molecule has 90 valence electrons. The SMILES string of the molecule is CC(C)NCCCNCc1ccccc1Br. The van der Waals surface area contributed by atoms with Gasteiger partial charge in [-0.25, -0.2) is 0 Å². The van der Waals surface area contributed by atoms with Gasteiger partial charge in [-0.2, -0.15) is 0 Å². The lowest BCUT2D eigenvalue weighted by atomic mass is 10.2. The average Bonchev–Trinajstić information content (AvgIpc) is 2.25. The molecule has 2 N–H and O–H groups in total. The summed E-state index contributed by atoms with van der Waals surface area (Å²) < 4.78 is 1.18. The quantitative estimate of drug-likeness (QED) is 0.753. The molecule has 0 fully saturated rings. The first-order chi connectivity index (χ1) is 7.70. The minimum Gasteiger partial charge on any atom is -0.314 e. The van der Waals surface area contributed by atoms with Crippen molar-refractivity contribution in [3.05, 3.63) is 34.3 Å². The molecule has 0 bridgehead atoms. The molecule has 0 saturated heterocycles. The molecule has 16 heavy (non-hydrogen) atoms. The Balaban J connectivity index is 2.10. The molecule has 0 saturated carbocycles. The van der Waals surface area contributed by atoms with Gasteiger partial charge in [0.2, 0.25) is 0 Å². The van der Waals surface area contributed by atoms with E-state index in [0.717, 1.165) is 19.6 Å². The van der Waals surface area contributed by atoms with E-state index in [9.17, 15) is 0 Å². The van der Waals surface area contributed by atoms with Gasteiger partial charge in [0.1, 0.15) is 0 Å². The smallest absolute Gasteiger partial charge is 0.0220 e. The van der Waals surface area contributed by atoms with Crippen LogP contribution >= 0.6 is 15.9 Å². The zero-order valence-corrected chi connectivity index (χ0v) is 11.7. The summed E-state index contributed by atoms with van der Waals surface area (Å²) in [6, 6.07) is 8.92. The van der Waals surface area contributed by atoms with Gasteiger partial charge in [-0.15, -0.1) is 0 Å². The Morgan fingerprint density at radius 1 is 1.19 bits per heavy atom. The van der Waals surface area contributed by atoms with Crippen LogP contribution in [0, 0.1) is 0 Å². The van der Waals surface area contributed by atoms with Gasteiger partial charge in [0.05, 0.1) is 0 Å². The van der Waals surface area contributed by atoms with E-state index in [1.807, 2.05) is 6.07 Å². The highest BCUT2D eigenvalue weighted by Gasteiger charge is 1.97. The highest BCUT2D eigenvalue weighted by molar-refractivity contribution is 9.10. The Bertz CT molecular complexity index is 300. The topological polar surface area (TPSA) is 24.1 Å². The number of nitrogens with one attached hydrogen (secondary N) is 2. The Morgan fingerprint density at radius 2 is 1.94 bits per heavy atom. The molecule has 2 nitrogen and oxygen atoms in total. The van der Waals surface area contributed by atoms with Crippen molar-refractivity contribution in [2.75, 3.05) is 13.1 Å². The molecule has 0 spiro atoms. The zero-order valence-electron chi connectivity index (χ0n) is 10.1. The normalized spacial score (nSPS) is 11.0. The molecule has 1 aromatic carbocycles. The molecule has 0 aromatic heterocycles. The molecule has 0 unspecified atom stereocenters. The van der Waals surface area contributed by atoms with Gasteiger partial charge in [0, 0.05) is 17.1 Å². The second-order valence-corrected chi connectivity index (χ2v) is 5.08. The maximum absolute atomic E-state index is 3.55. The summed E-state index contributed by atoms with van der Waals surface area (Å²) in [5.41, 5.74) is 1.32. The number of hydrogen-bond donors (Lipinski definition) is 2. The lowest BCUT2D eigenvalue weighted by molar-refractivity contribution is 0.547. The van der Waals surface area contributed by atoms with Crippen LogP contribution in [0.4, 0.5) is 0 Å². The average molecular weight is 285 g/mol. The van der Waals surface area contributed by atoms with Crippen molar-refractivity contribution >= 4 is 15.9 Å². The second kappa shape index (κ2) is 7.82. The van der Waals surface area contributed by atoms with E-state index in [4.69, 9.17) is 0 Å². The van der Waals surface area contributed by atoms with Crippen LogP contribution in [0.15, 0.2) is 28.7 Å². The summed E-state index contributed by atoms with van der Waals surface area (Å²) in [7, 11) is 0. The number of rotatable bonds is 7. The standard InChI is InChI=1S/C13H21BrN2/c1-11(2)16-9-5-8-15-10-12-6-3-4-7-13(12)14/h3-4,6-7,11,15-16H,5,8-10H2,1-2H3. The Labute approximate surface area is 107 Å². The molecule has 0 heterocycles. The molecular weight excluding hydrogens is 264 g/mol. The van der Waals surface area contributed by atoms with Crippen molar-refractivity contribution < 1.29 is 0 Å². The van der Waals surface area contributed by atoms with Crippen LogP contribution in [0.25, 0.3) is 0 Å².